The van der Waals surface area contributed by atoms with Crippen molar-refractivity contribution in [2.75, 3.05) is 24.4 Å². The van der Waals surface area contributed by atoms with Crippen LogP contribution in [0.1, 0.15) is 18.7 Å². The van der Waals surface area contributed by atoms with E-state index in [-0.39, 0.29) is 11.8 Å². The van der Waals surface area contributed by atoms with E-state index in [9.17, 15) is 4.79 Å². The van der Waals surface area contributed by atoms with E-state index in [2.05, 4.69) is 20.0 Å². The van der Waals surface area contributed by atoms with Crippen LogP contribution in [0.4, 0.5) is 16.5 Å². The molecule has 1 aliphatic carbocycles. The molecule has 0 spiro atoms. The van der Waals surface area contributed by atoms with Crippen LogP contribution in [0.25, 0.3) is 0 Å². The zero-order chi connectivity index (χ0) is 15.4. The second-order valence-electron chi connectivity index (χ2n) is 5.22. The Bertz CT molecular complexity index is 637. The van der Waals surface area contributed by atoms with Crippen molar-refractivity contribution in [3.63, 3.8) is 0 Å². The van der Waals surface area contributed by atoms with E-state index < -0.39 is 0 Å². The van der Waals surface area contributed by atoms with Crippen LogP contribution in [0.15, 0.2) is 24.3 Å². The van der Waals surface area contributed by atoms with Gasteiger partial charge in [0.25, 0.3) is 0 Å². The van der Waals surface area contributed by atoms with Crippen molar-refractivity contribution in [1.29, 1.82) is 0 Å². The predicted molar refractivity (Wildman–Crippen MR) is 86.6 cm³/mol. The highest BCUT2D eigenvalue weighted by molar-refractivity contribution is 7.09. The van der Waals surface area contributed by atoms with Crippen molar-refractivity contribution >= 4 is 33.9 Å². The van der Waals surface area contributed by atoms with Crippen molar-refractivity contribution in [2.45, 2.75) is 19.3 Å². The van der Waals surface area contributed by atoms with Gasteiger partial charge in [-0.3, -0.25) is 4.79 Å². The van der Waals surface area contributed by atoms with E-state index in [1.165, 1.54) is 11.5 Å². The molecule has 0 saturated heterocycles. The van der Waals surface area contributed by atoms with Crippen LogP contribution in [0.2, 0.25) is 0 Å². The Morgan fingerprint density at radius 2 is 2.05 bits per heavy atom. The van der Waals surface area contributed by atoms with E-state index in [1.807, 2.05) is 24.3 Å². The number of amides is 1. The lowest BCUT2D eigenvalue weighted by Gasteiger charge is -2.06. The quantitative estimate of drug-likeness (QED) is 0.821. The lowest BCUT2D eigenvalue weighted by atomic mass is 10.2. The molecule has 1 saturated carbocycles. The first-order chi connectivity index (χ1) is 10.7. The Hall–Kier alpha value is -1.99. The van der Waals surface area contributed by atoms with Gasteiger partial charge < -0.3 is 15.4 Å². The van der Waals surface area contributed by atoms with Gasteiger partial charge in [-0.15, -0.1) is 0 Å². The molecule has 116 valence electrons. The molecular weight excluding hydrogens is 300 g/mol. The number of nitrogens with zero attached hydrogens (tertiary/aromatic N) is 2. The lowest BCUT2D eigenvalue weighted by Crippen LogP contribution is -2.13. The number of aromatic nitrogens is 2. The Morgan fingerprint density at radius 1 is 1.32 bits per heavy atom. The highest BCUT2D eigenvalue weighted by Crippen LogP contribution is 2.30. The molecule has 0 aliphatic heterocycles. The Balaban J connectivity index is 1.55. The molecule has 1 aromatic carbocycles. The van der Waals surface area contributed by atoms with E-state index in [0.717, 1.165) is 35.2 Å². The molecule has 0 unspecified atom stereocenters. The molecule has 1 heterocycles. The molecule has 1 aromatic heterocycles. The Kier molecular flexibility index (Phi) is 4.65. The van der Waals surface area contributed by atoms with Crippen molar-refractivity contribution in [3.05, 3.63) is 30.1 Å². The number of carbonyl (C=O) groups excluding carboxylic acids is 1. The van der Waals surface area contributed by atoms with Gasteiger partial charge in [-0.05, 0) is 37.1 Å². The van der Waals surface area contributed by atoms with Crippen LogP contribution in [0.5, 0.6) is 0 Å². The zero-order valence-electron chi connectivity index (χ0n) is 12.3. The van der Waals surface area contributed by atoms with E-state index in [0.29, 0.717) is 13.0 Å². The molecule has 1 amide bonds. The Morgan fingerprint density at radius 3 is 2.73 bits per heavy atom. The fraction of sp³-hybridized carbons (Fsp3) is 0.400. The summed E-state index contributed by atoms with van der Waals surface area (Å²) in [5.41, 5.74) is 1.74. The van der Waals surface area contributed by atoms with E-state index in [4.69, 9.17) is 4.74 Å². The standard InChI is InChI=1S/C15H18N4O2S/c1-21-9-8-13-18-15(22-19-13)17-12-6-4-11(5-7-12)16-14(20)10-2-3-10/h4-7,10H,2-3,8-9H2,1H3,(H,16,20)(H,17,18,19). The first-order valence-electron chi connectivity index (χ1n) is 7.24. The number of benzene rings is 1. The monoisotopic (exact) mass is 318 g/mol. The summed E-state index contributed by atoms with van der Waals surface area (Å²) in [6.07, 6.45) is 2.72. The van der Waals surface area contributed by atoms with Crippen LogP contribution in [-0.4, -0.2) is 29.0 Å². The lowest BCUT2D eigenvalue weighted by molar-refractivity contribution is -0.117. The van der Waals surface area contributed by atoms with Gasteiger partial charge in [-0.2, -0.15) is 4.37 Å². The van der Waals surface area contributed by atoms with Crippen LogP contribution in [-0.2, 0) is 16.0 Å². The van der Waals surface area contributed by atoms with Gasteiger partial charge in [0, 0.05) is 42.4 Å². The Labute approximate surface area is 133 Å². The predicted octanol–water partition coefficient (Wildman–Crippen LogP) is 2.82. The van der Waals surface area contributed by atoms with Gasteiger partial charge in [0.2, 0.25) is 11.0 Å². The summed E-state index contributed by atoms with van der Waals surface area (Å²) in [6, 6.07) is 7.60. The van der Waals surface area contributed by atoms with Gasteiger partial charge in [0.05, 0.1) is 6.61 Å². The van der Waals surface area contributed by atoms with Crippen molar-refractivity contribution in [2.24, 2.45) is 5.92 Å². The molecule has 1 aliphatic rings. The number of rotatable bonds is 7. The van der Waals surface area contributed by atoms with Crippen LogP contribution in [0.3, 0.4) is 0 Å². The largest absolute Gasteiger partial charge is 0.384 e. The maximum atomic E-state index is 11.7. The number of hydrogen-bond donors (Lipinski definition) is 2. The second-order valence-corrected chi connectivity index (χ2v) is 5.98. The molecule has 3 rings (SSSR count). The maximum Gasteiger partial charge on any atom is 0.227 e. The van der Waals surface area contributed by atoms with Crippen molar-refractivity contribution < 1.29 is 9.53 Å². The highest BCUT2D eigenvalue weighted by atomic mass is 32.1. The third-order valence-corrected chi connectivity index (χ3v) is 4.02. The van der Waals surface area contributed by atoms with Gasteiger partial charge >= 0.3 is 0 Å². The number of anilines is 3. The third-order valence-electron chi connectivity index (χ3n) is 3.35. The molecule has 0 bridgehead atoms. The number of carbonyl (C=O) groups is 1. The van der Waals surface area contributed by atoms with Gasteiger partial charge in [0.1, 0.15) is 5.82 Å². The fourth-order valence-corrected chi connectivity index (χ4v) is 2.58. The summed E-state index contributed by atoms with van der Waals surface area (Å²) in [6.45, 7) is 0.617. The molecule has 0 atom stereocenters. The summed E-state index contributed by atoms with van der Waals surface area (Å²) >= 11 is 1.32. The summed E-state index contributed by atoms with van der Waals surface area (Å²) in [5.74, 6) is 1.11. The van der Waals surface area contributed by atoms with Crippen molar-refractivity contribution in [1.82, 2.24) is 9.36 Å². The van der Waals surface area contributed by atoms with Gasteiger partial charge in [-0.1, -0.05) is 0 Å². The van der Waals surface area contributed by atoms with E-state index in [1.54, 1.807) is 7.11 Å². The molecule has 7 heteroatoms. The van der Waals surface area contributed by atoms with Gasteiger partial charge in [-0.25, -0.2) is 4.98 Å². The summed E-state index contributed by atoms with van der Waals surface area (Å²) < 4.78 is 9.27. The molecule has 22 heavy (non-hydrogen) atoms. The molecule has 0 radical (unpaired) electrons. The number of hydrogen-bond acceptors (Lipinski definition) is 6. The minimum atomic E-state index is 0.118. The third kappa shape index (κ3) is 4.02. The first kappa shape index (κ1) is 14.9. The minimum Gasteiger partial charge on any atom is -0.384 e. The summed E-state index contributed by atoms with van der Waals surface area (Å²) in [4.78, 5) is 16.1. The normalized spacial score (nSPS) is 13.9. The summed E-state index contributed by atoms with van der Waals surface area (Å²) in [5, 5.41) is 6.87. The number of nitrogens with one attached hydrogen (secondary N) is 2. The number of ether oxygens (including phenoxy) is 1. The summed E-state index contributed by atoms with van der Waals surface area (Å²) in [7, 11) is 1.66. The van der Waals surface area contributed by atoms with Crippen LogP contribution >= 0.6 is 11.5 Å². The number of methoxy groups -OCH3 is 1. The molecule has 1 fully saturated rings. The average molecular weight is 318 g/mol. The zero-order valence-corrected chi connectivity index (χ0v) is 13.2. The maximum absolute atomic E-state index is 11.7. The molecule has 2 aromatic rings. The highest BCUT2D eigenvalue weighted by Gasteiger charge is 2.29. The topological polar surface area (TPSA) is 76.1 Å². The fourth-order valence-electron chi connectivity index (χ4n) is 1.95. The minimum absolute atomic E-state index is 0.118. The average Bonchev–Trinajstić information content (AvgIpc) is 3.29. The SMILES string of the molecule is COCCc1nsc(Nc2ccc(NC(=O)C3CC3)cc2)n1. The molecule has 2 N–H and O–H groups in total. The smallest absolute Gasteiger partial charge is 0.227 e. The van der Waals surface area contributed by atoms with Crippen LogP contribution < -0.4 is 10.6 Å². The molecule has 6 nitrogen and oxygen atoms in total. The second kappa shape index (κ2) is 6.85. The van der Waals surface area contributed by atoms with Crippen LogP contribution in [0, 0.1) is 5.92 Å². The van der Waals surface area contributed by atoms with E-state index >= 15 is 0 Å². The molecular formula is C15H18N4O2S. The van der Waals surface area contributed by atoms with Crippen molar-refractivity contribution in [3.8, 4) is 0 Å². The first-order valence-corrected chi connectivity index (χ1v) is 8.01. The van der Waals surface area contributed by atoms with Gasteiger partial charge in [0.15, 0.2) is 0 Å².